The maximum Gasteiger partial charge on any atom is 0.276 e. The Morgan fingerprint density at radius 1 is 1.06 bits per heavy atom. The minimum Gasteiger partial charge on any atom is -0.507 e. The van der Waals surface area contributed by atoms with Crippen molar-refractivity contribution in [2.75, 3.05) is 7.11 Å². The Balaban J connectivity index is 1.43. The van der Waals surface area contributed by atoms with E-state index in [1.807, 2.05) is 0 Å². The number of nitrogens with one attached hydrogen (secondary N) is 1. The maximum atomic E-state index is 13.9. The Bertz CT molecular complexity index is 1930. The van der Waals surface area contributed by atoms with Gasteiger partial charge in [0.15, 0.2) is 12.1 Å². The number of carbonyl (C=O) groups is 2. The van der Waals surface area contributed by atoms with Crippen LogP contribution < -0.4 is 15.3 Å². The monoisotopic (exact) mass is 681 g/mol. The number of phenols is 2. The number of aromatic hydroxyl groups is 2. The molecule has 0 amide bonds. The summed E-state index contributed by atoms with van der Waals surface area (Å²) in [6.07, 6.45) is -3.99. The molecule has 3 aromatic rings. The normalized spacial score (nSPS) is 26.9. The van der Waals surface area contributed by atoms with E-state index in [-0.39, 0.29) is 45.7 Å². The number of aryl methyl sites for hydroxylation is 1. The lowest BCUT2D eigenvalue weighted by atomic mass is 9.73. The Morgan fingerprint density at radius 3 is 2.42 bits per heavy atom. The van der Waals surface area contributed by atoms with Crippen LogP contribution in [0, 0.1) is 6.92 Å². The second-order valence-corrected chi connectivity index (χ2v) is 14.0. The van der Waals surface area contributed by atoms with E-state index in [9.17, 15) is 38.4 Å². The zero-order chi connectivity index (χ0) is 34.7. The number of phenolic OH excluding ortho intramolecular Hbond substituents is 2. The molecule has 3 aromatic carbocycles. The quantitative estimate of drug-likeness (QED) is 0.0931. The van der Waals surface area contributed by atoms with E-state index in [0.29, 0.717) is 0 Å². The Kier molecular flexibility index (Phi) is 8.56. The Labute approximate surface area is 275 Å². The van der Waals surface area contributed by atoms with Gasteiger partial charge in [0.05, 0.1) is 53.2 Å². The molecule has 6 rings (SSSR count). The Morgan fingerprint density at radius 2 is 1.75 bits per heavy atom. The summed E-state index contributed by atoms with van der Waals surface area (Å²) in [4.78, 5) is 29.6. The van der Waals surface area contributed by atoms with Crippen LogP contribution in [0.25, 0.3) is 0 Å². The van der Waals surface area contributed by atoms with Gasteiger partial charge in [0.2, 0.25) is 5.78 Å². The molecular formula is C33H35N3O11S. The summed E-state index contributed by atoms with van der Waals surface area (Å²) in [5.41, 5.74) is 3.65. The predicted molar refractivity (Wildman–Crippen MR) is 170 cm³/mol. The van der Waals surface area contributed by atoms with Crippen LogP contribution in [0.3, 0.4) is 0 Å². The molecule has 7 N–H and O–H groups in total. The van der Waals surface area contributed by atoms with Crippen molar-refractivity contribution >= 4 is 27.8 Å². The van der Waals surface area contributed by atoms with Crippen LogP contribution in [0.2, 0.25) is 0 Å². The van der Waals surface area contributed by atoms with Crippen molar-refractivity contribution in [2.24, 2.45) is 10.8 Å². The van der Waals surface area contributed by atoms with Crippen LogP contribution in [0.4, 0.5) is 0 Å². The molecule has 48 heavy (non-hydrogen) atoms. The lowest BCUT2D eigenvalue weighted by molar-refractivity contribution is -0.245. The largest absolute Gasteiger partial charge is 0.507 e. The van der Waals surface area contributed by atoms with Crippen molar-refractivity contribution in [1.29, 1.82) is 0 Å². The van der Waals surface area contributed by atoms with Crippen molar-refractivity contribution in [1.82, 2.24) is 4.83 Å². The fourth-order valence-corrected chi connectivity index (χ4v) is 7.29. The van der Waals surface area contributed by atoms with Gasteiger partial charge < -0.3 is 40.4 Å². The molecule has 0 radical (unpaired) electrons. The number of ketones is 2. The molecule has 0 bridgehead atoms. The summed E-state index contributed by atoms with van der Waals surface area (Å²) in [7, 11) is -2.80. The first kappa shape index (κ1) is 33.5. The molecule has 1 aliphatic heterocycles. The van der Waals surface area contributed by atoms with Crippen molar-refractivity contribution < 1.29 is 52.6 Å². The molecule has 1 fully saturated rings. The molecule has 1 heterocycles. The second kappa shape index (κ2) is 12.3. The molecule has 2 aliphatic carbocycles. The van der Waals surface area contributed by atoms with Crippen molar-refractivity contribution in [3.63, 3.8) is 0 Å². The highest BCUT2D eigenvalue weighted by atomic mass is 32.2. The number of nitrogens with two attached hydrogens (primary N) is 1. The minimum atomic E-state index is -4.12. The molecule has 0 saturated carbocycles. The highest BCUT2D eigenvalue weighted by Crippen LogP contribution is 2.52. The number of methoxy groups -OCH3 is 1. The SMILES string of the molecule is COc1cccc2c1C(=O)c1c(O)c3c(c(O)c1C2=O)CC(O)(C=NNS(=O)(=O)c1ccc(C)cc1)CC3OC1CC(N)C(O)C(C)O1. The standard InChI is InChI=1S/C33H35N3O11S/c1-15-7-9-17(10-8-15)48(43,44)36-35-14-33(42)12-19-25(22(13-33)47-23-11-20(34)28(37)16(2)46-23)32(41)27-26(30(19)39)29(38)18-5-4-6-21(45-3)24(18)31(27)40/h4-10,14,16,20,22-23,28,36-37,39,41-42H,11-13,34H2,1-3H3. The van der Waals surface area contributed by atoms with Crippen LogP contribution in [0.15, 0.2) is 52.5 Å². The summed E-state index contributed by atoms with van der Waals surface area (Å²) in [6, 6.07) is 9.66. The van der Waals surface area contributed by atoms with Gasteiger partial charge in [-0.25, -0.2) is 4.83 Å². The number of sulfonamides is 1. The van der Waals surface area contributed by atoms with Crippen LogP contribution in [0.1, 0.15) is 74.4 Å². The number of hydrogen-bond donors (Lipinski definition) is 6. The fraction of sp³-hybridized carbons (Fsp3) is 0.364. The lowest BCUT2D eigenvalue weighted by Crippen LogP contribution is -2.52. The second-order valence-electron chi connectivity index (χ2n) is 12.3. The van der Waals surface area contributed by atoms with Gasteiger partial charge in [-0.2, -0.15) is 13.5 Å². The van der Waals surface area contributed by atoms with E-state index < -0.39 is 86.9 Å². The zero-order valence-corrected chi connectivity index (χ0v) is 27.0. The van der Waals surface area contributed by atoms with E-state index in [1.54, 1.807) is 26.0 Å². The number of fused-ring (bicyclic) bond motifs is 3. The number of aliphatic hydroxyl groups is 2. The van der Waals surface area contributed by atoms with Crippen LogP contribution in [-0.4, -0.2) is 83.9 Å². The topological polar surface area (TPSA) is 227 Å². The number of nitrogens with zero attached hydrogens (tertiary/aromatic N) is 1. The van der Waals surface area contributed by atoms with E-state index in [4.69, 9.17) is 19.9 Å². The molecule has 254 valence electrons. The van der Waals surface area contributed by atoms with Gasteiger partial charge in [0, 0.05) is 42.0 Å². The summed E-state index contributed by atoms with van der Waals surface area (Å²) < 4.78 is 43.0. The number of rotatable bonds is 7. The minimum absolute atomic E-state index is 0.0138. The number of aliphatic hydroxyl groups excluding tert-OH is 1. The average molecular weight is 682 g/mol. The summed E-state index contributed by atoms with van der Waals surface area (Å²) >= 11 is 0. The molecule has 1 saturated heterocycles. The maximum absolute atomic E-state index is 13.9. The third kappa shape index (κ3) is 5.71. The Hall–Kier alpha value is -4.38. The highest BCUT2D eigenvalue weighted by Gasteiger charge is 2.47. The number of hydrazone groups is 1. The molecule has 3 aliphatic rings. The smallest absolute Gasteiger partial charge is 0.276 e. The molecule has 6 unspecified atom stereocenters. The number of hydrogen-bond acceptors (Lipinski definition) is 13. The van der Waals surface area contributed by atoms with Gasteiger partial charge >= 0.3 is 0 Å². The first-order chi connectivity index (χ1) is 22.7. The average Bonchev–Trinajstić information content (AvgIpc) is 3.03. The number of benzene rings is 3. The van der Waals surface area contributed by atoms with Crippen LogP contribution in [0.5, 0.6) is 17.2 Å². The van der Waals surface area contributed by atoms with Gasteiger partial charge in [0.1, 0.15) is 22.8 Å². The van der Waals surface area contributed by atoms with Crippen molar-refractivity contribution in [3.05, 3.63) is 81.4 Å². The summed E-state index contributed by atoms with van der Waals surface area (Å²) in [5.74, 6) is -2.76. The van der Waals surface area contributed by atoms with Gasteiger partial charge in [-0.3, -0.25) is 9.59 Å². The highest BCUT2D eigenvalue weighted by molar-refractivity contribution is 7.89. The third-order valence-corrected chi connectivity index (χ3v) is 10.2. The van der Waals surface area contributed by atoms with E-state index >= 15 is 0 Å². The first-order valence-corrected chi connectivity index (χ1v) is 16.6. The van der Waals surface area contributed by atoms with E-state index in [0.717, 1.165) is 11.8 Å². The van der Waals surface area contributed by atoms with Crippen LogP contribution in [-0.2, 0) is 25.9 Å². The first-order valence-electron chi connectivity index (χ1n) is 15.1. The predicted octanol–water partition coefficient (Wildman–Crippen LogP) is 1.71. The number of carbonyl (C=O) groups excluding carboxylic acids is 2. The van der Waals surface area contributed by atoms with E-state index in [2.05, 4.69) is 9.93 Å². The molecular weight excluding hydrogens is 646 g/mol. The molecule has 6 atom stereocenters. The lowest BCUT2D eigenvalue weighted by Gasteiger charge is -2.41. The summed E-state index contributed by atoms with van der Waals surface area (Å²) in [6.45, 7) is 3.39. The van der Waals surface area contributed by atoms with Gasteiger partial charge in [0.25, 0.3) is 10.0 Å². The van der Waals surface area contributed by atoms with Crippen molar-refractivity contribution in [3.8, 4) is 17.2 Å². The van der Waals surface area contributed by atoms with Gasteiger partial charge in [-0.1, -0.05) is 29.8 Å². The third-order valence-electron chi connectivity index (χ3n) is 8.98. The molecule has 0 spiro atoms. The van der Waals surface area contributed by atoms with Gasteiger partial charge in [-0.15, -0.1) is 0 Å². The fourth-order valence-electron chi connectivity index (χ4n) is 6.50. The zero-order valence-electron chi connectivity index (χ0n) is 26.2. The molecule has 0 aromatic heterocycles. The molecule has 14 nitrogen and oxygen atoms in total. The van der Waals surface area contributed by atoms with Gasteiger partial charge in [-0.05, 0) is 32.0 Å². The van der Waals surface area contributed by atoms with Crippen molar-refractivity contribution in [2.45, 2.75) is 74.3 Å². The summed E-state index contributed by atoms with van der Waals surface area (Å²) in [5, 5.41) is 49.2. The van der Waals surface area contributed by atoms with E-state index in [1.165, 1.54) is 37.4 Å². The van der Waals surface area contributed by atoms with Crippen LogP contribution >= 0.6 is 0 Å². The number of ether oxygens (including phenoxy) is 3. The molecule has 15 heteroatoms.